The SMILES string of the molecule is Cc1ccc(C(CNC(=O)COc2ccccc2Cl)N2CCOCC2)o1. The normalized spacial score (nSPS) is 16.2. The molecule has 1 unspecified atom stereocenters. The molecule has 26 heavy (non-hydrogen) atoms. The summed E-state index contributed by atoms with van der Waals surface area (Å²) >= 11 is 6.03. The van der Waals surface area contributed by atoms with Crippen LogP contribution in [0.2, 0.25) is 5.02 Å². The second-order valence-corrected chi connectivity index (χ2v) is 6.54. The van der Waals surface area contributed by atoms with Crippen molar-refractivity contribution in [3.63, 3.8) is 0 Å². The third kappa shape index (κ3) is 5.00. The number of aryl methyl sites for hydroxylation is 1. The third-order valence-electron chi connectivity index (χ3n) is 4.26. The summed E-state index contributed by atoms with van der Waals surface area (Å²) in [5.41, 5.74) is 0. The Morgan fingerprint density at radius 1 is 1.27 bits per heavy atom. The minimum atomic E-state index is -0.202. The molecule has 1 atom stereocenters. The van der Waals surface area contributed by atoms with E-state index in [4.69, 9.17) is 25.5 Å². The van der Waals surface area contributed by atoms with E-state index in [0.717, 1.165) is 24.6 Å². The van der Waals surface area contributed by atoms with Gasteiger partial charge >= 0.3 is 0 Å². The Morgan fingerprint density at radius 2 is 2.04 bits per heavy atom. The fraction of sp³-hybridized carbons (Fsp3) is 0.421. The van der Waals surface area contributed by atoms with Crippen LogP contribution in [0.1, 0.15) is 17.6 Å². The van der Waals surface area contributed by atoms with Gasteiger partial charge in [0, 0.05) is 19.6 Å². The predicted molar refractivity (Wildman–Crippen MR) is 98.5 cm³/mol. The Balaban J connectivity index is 1.56. The zero-order valence-electron chi connectivity index (χ0n) is 14.7. The van der Waals surface area contributed by atoms with Gasteiger partial charge in [0.05, 0.1) is 24.3 Å². The van der Waals surface area contributed by atoms with Gasteiger partial charge in [0.2, 0.25) is 0 Å². The van der Waals surface area contributed by atoms with Crippen LogP contribution in [-0.2, 0) is 9.53 Å². The summed E-state index contributed by atoms with van der Waals surface area (Å²) in [5, 5.41) is 3.41. The Hall–Kier alpha value is -2.02. The number of furan rings is 1. The summed E-state index contributed by atoms with van der Waals surface area (Å²) in [7, 11) is 0. The molecule has 2 aromatic rings. The molecule has 1 aromatic carbocycles. The van der Waals surface area contributed by atoms with Gasteiger partial charge in [-0.05, 0) is 31.2 Å². The molecule has 1 aliphatic rings. The van der Waals surface area contributed by atoms with Crippen LogP contribution in [0.4, 0.5) is 0 Å². The van der Waals surface area contributed by atoms with Crippen molar-refractivity contribution < 1.29 is 18.7 Å². The van der Waals surface area contributed by atoms with Gasteiger partial charge in [0.1, 0.15) is 17.3 Å². The molecular formula is C19H23ClN2O4. The minimum Gasteiger partial charge on any atom is -0.482 e. The molecule has 1 amide bonds. The lowest BCUT2D eigenvalue weighted by Crippen LogP contribution is -2.44. The molecule has 2 heterocycles. The minimum absolute atomic E-state index is 0.0307. The van der Waals surface area contributed by atoms with E-state index in [9.17, 15) is 4.79 Å². The Labute approximate surface area is 158 Å². The molecular weight excluding hydrogens is 356 g/mol. The first-order valence-corrected chi connectivity index (χ1v) is 9.03. The van der Waals surface area contributed by atoms with Crippen LogP contribution in [0.15, 0.2) is 40.8 Å². The number of rotatable bonds is 7. The molecule has 7 heteroatoms. The second kappa shape index (κ2) is 9.07. The van der Waals surface area contributed by atoms with Crippen LogP contribution in [-0.4, -0.2) is 50.3 Å². The molecule has 6 nitrogen and oxygen atoms in total. The first-order valence-electron chi connectivity index (χ1n) is 8.65. The summed E-state index contributed by atoms with van der Waals surface area (Å²) in [6.45, 7) is 5.23. The third-order valence-corrected chi connectivity index (χ3v) is 4.58. The van der Waals surface area contributed by atoms with Gasteiger partial charge in [-0.1, -0.05) is 23.7 Å². The molecule has 1 N–H and O–H groups in total. The lowest BCUT2D eigenvalue weighted by molar-refractivity contribution is -0.123. The number of halogens is 1. The van der Waals surface area contributed by atoms with Crippen LogP contribution < -0.4 is 10.1 Å². The molecule has 0 spiro atoms. The summed E-state index contributed by atoms with van der Waals surface area (Å²) in [4.78, 5) is 14.5. The van der Waals surface area contributed by atoms with Crippen LogP contribution in [0, 0.1) is 6.92 Å². The molecule has 0 bridgehead atoms. The molecule has 1 aliphatic heterocycles. The molecule has 1 saturated heterocycles. The fourth-order valence-electron chi connectivity index (χ4n) is 2.90. The number of carbonyl (C=O) groups is 1. The standard InChI is InChI=1S/C19H23ClN2O4/c1-14-6-7-18(26-14)16(22-8-10-24-11-9-22)12-21-19(23)13-25-17-5-3-2-4-15(17)20/h2-7,16H,8-13H2,1H3,(H,21,23). The molecule has 3 rings (SSSR count). The topological polar surface area (TPSA) is 63.9 Å². The highest BCUT2D eigenvalue weighted by molar-refractivity contribution is 6.32. The van der Waals surface area contributed by atoms with E-state index in [-0.39, 0.29) is 18.6 Å². The Kier molecular flexibility index (Phi) is 6.55. The number of nitrogens with one attached hydrogen (secondary N) is 1. The highest BCUT2D eigenvalue weighted by Crippen LogP contribution is 2.24. The van der Waals surface area contributed by atoms with E-state index in [1.807, 2.05) is 31.2 Å². The summed E-state index contributed by atoms with van der Waals surface area (Å²) < 4.78 is 16.7. The van der Waals surface area contributed by atoms with Gasteiger partial charge in [-0.2, -0.15) is 0 Å². The van der Waals surface area contributed by atoms with Crippen molar-refractivity contribution in [1.82, 2.24) is 10.2 Å². The Bertz CT molecular complexity index is 728. The molecule has 0 aliphatic carbocycles. The number of morpholine rings is 1. The highest BCUT2D eigenvalue weighted by atomic mass is 35.5. The van der Waals surface area contributed by atoms with Crippen LogP contribution in [0.3, 0.4) is 0 Å². The van der Waals surface area contributed by atoms with Crippen LogP contribution >= 0.6 is 11.6 Å². The number of para-hydroxylation sites is 1. The zero-order valence-corrected chi connectivity index (χ0v) is 15.5. The van der Waals surface area contributed by atoms with E-state index in [1.54, 1.807) is 12.1 Å². The van der Waals surface area contributed by atoms with E-state index in [0.29, 0.717) is 30.5 Å². The molecule has 1 fully saturated rings. The van der Waals surface area contributed by atoms with Gasteiger partial charge in [0.25, 0.3) is 5.91 Å². The highest BCUT2D eigenvalue weighted by Gasteiger charge is 2.25. The maximum Gasteiger partial charge on any atom is 0.258 e. The maximum atomic E-state index is 12.2. The fourth-order valence-corrected chi connectivity index (χ4v) is 3.09. The van der Waals surface area contributed by atoms with Crippen molar-refractivity contribution in [2.75, 3.05) is 39.5 Å². The number of carbonyl (C=O) groups excluding carboxylic acids is 1. The van der Waals surface area contributed by atoms with Crippen LogP contribution in [0.5, 0.6) is 5.75 Å². The average Bonchev–Trinajstić information content (AvgIpc) is 3.08. The quantitative estimate of drug-likeness (QED) is 0.802. The monoisotopic (exact) mass is 378 g/mol. The van der Waals surface area contributed by atoms with Crippen molar-refractivity contribution in [1.29, 1.82) is 0 Å². The van der Waals surface area contributed by atoms with Crippen LogP contribution in [0.25, 0.3) is 0 Å². The zero-order chi connectivity index (χ0) is 18.4. The van der Waals surface area contributed by atoms with Gasteiger partial charge in [-0.3, -0.25) is 9.69 Å². The number of hydrogen-bond acceptors (Lipinski definition) is 5. The number of nitrogens with zero attached hydrogens (tertiary/aromatic N) is 1. The van der Waals surface area contributed by atoms with E-state index in [2.05, 4.69) is 10.2 Å². The van der Waals surface area contributed by atoms with Gasteiger partial charge in [-0.15, -0.1) is 0 Å². The van der Waals surface area contributed by atoms with Gasteiger partial charge in [0.15, 0.2) is 6.61 Å². The largest absolute Gasteiger partial charge is 0.482 e. The van der Waals surface area contributed by atoms with E-state index in [1.165, 1.54) is 0 Å². The van der Waals surface area contributed by atoms with Gasteiger partial charge in [-0.25, -0.2) is 0 Å². The van der Waals surface area contributed by atoms with Crippen molar-refractivity contribution in [3.8, 4) is 5.75 Å². The van der Waals surface area contributed by atoms with Crippen molar-refractivity contribution in [3.05, 3.63) is 52.9 Å². The first kappa shape index (κ1) is 18.8. The van der Waals surface area contributed by atoms with E-state index >= 15 is 0 Å². The molecule has 1 aromatic heterocycles. The molecule has 0 radical (unpaired) electrons. The van der Waals surface area contributed by atoms with Crippen molar-refractivity contribution in [2.24, 2.45) is 0 Å². The number of ether oxygens (including phenoxy) is 2. The summed E-state index contributed by atoms with van der Waals surface area (Å²) in [6, 6.07) is 10.9. The average molecular weight is 379 g/mol. The molecule has 0 saturated carbocycles. The second-order valence-electron chi connectivity index (χ2n) is 6.14. The maximum absolute atomic E-state index is 12.2. The smallest absolute Gasteiger partial charge is 0.258 e. The lowest BCUT2D eigenvalue weighted by atomic mass is 10.1. The summed E-state index contributed by atoms with van der Waals surface area (Å²) in [5.74, 6) is 1.99. The van der Waals surface area contributed by atoms with Gasteiger partial charge < -0.3 is 19.2 Å². The lowest BCUT2D eigenvalue weighted by Gasteiger charge is -2.33. The Morgan fingerprint density at radius 3 is 2.73 bits per heavy atom. The predicted octanol–water partition coefficient (Wildman–Crippen LogP) is 2.81. The molecule has 140 valence electrons. The number of hydrogen-bond donors (Lipinski definition) is 1. The number of amides is 1. The summed E-state index contributed by atoms with van der Waals surface area (Å²) in [6.07, 6.45) is 0. The van der Waals surface area contributed by atoms with Crippen molar-refractivity contribution in [2.45, 2.75) is 13.0 Å². The number of benzene rings is 1. The van der Waals surface area contributed by atoms with Crippen molar-refractivity contribution >= 4 is 17.5 Å². The van der Waals surface area contributed by atoms with E-state index < -0.39 is 0 Å². The first-order chi connectivity index (χ1) is 12.6.